The van der Waals surface area contributed by atoms with Gasteiger partial charge in [0.1, 0.15) is 0 Å². The number of isocyanates is 1. The van der Waals surface area contributed by atoms with Gasteiger partial charge in [-0.15, -0.1) is 0 Å². The van der Waals surface area contributed by atoms with Crippen molar-refractivity contribution < 1.29 is 4.79 Å². The number of nitrogens with zero attached hydrogens (tertiary/aromatic N) is 1. The predicted octanol–water partition coefficient (Wildman–Crippen LogP) is 2.44. The number of hydrogen-bond acceptors (Lipinski definition) is 2. The van der Waals surface area contributed by atoms with Gasteiger partial charge >= 0.3 is 0 Å². The van der Waals surface area contributed by atoms with E-state index in [0.29, 0.717) is 6.54 Å². The van der Waals surface area contributed by atoms with Gasteiger partial charge in [-0.1, -0.05) is 32.1 Å². The molecule has 0 aromatic heterocycles. The van der Waals surface area contributed by atoms with Crippen molar-refractivity contribution in [2.75, 3.05) is 6.54 Å². The van der Waals surface area contributed by atoms with Crippen LogP contribution < -0.4 is 0 Å². The number of aliphatic imine (C=N–C) groups is 1. The smallest absolute Gasteiger partial charge is 0.211 e. The van der Waals surface area contributed by atoms with Crippen LogP contribution in [0.1, 0.15) is 13.3 Å². The van der Waals surface area contributed by atoms with E-state index in [9.17, 15) is 4.79 Å². The lowest BCUT2D eigenvalue weighted by Gasteiger charge is -2.18. The Hall–Kier alpha value is -0.403. The Morgan fingerprint density at radius 3 is 2.55 bits per heavy atom. The van der Waals surface area contributed by atoms with Crippen LogP contribution in [0.3, 0.4) is 0 Å². The third-order valence-electron chi connectivity index (χ3n) is 2.15. The van der Waals surface area contributed by atoms with Gasteiger partial charge in [-0.25, -0.2) is 9.79 Å². The van der Waals surface area contributed by atoms with Gasteiger partial charge in [0, 0.05) is 8.07 Å². The maximum absolute atomic E-state index is 9.72. The van der Waals surface area contributed by atoms with Crippen molar-refractivity contribution >= 4 is 14.2 Å². The molecular weight excluding hydrogens is 154 g/mol. The van der Waals surface area contributed by atoms with Gasteiger partial charge in [0.05, 0.1) is 6.54 Å². The van der Waals surface area contributed by atoms with Crippen molar-refractivity contribution in [1.29, 1.82) is 0 Å². The van der Waals surface area contributed by atoms with Gasteiger partial charge in [0.25, 0.3) is 0 Å². The van der Waals surface area contributed by atoms with E-state index in [1.54, 1.807) is 6.08 Å². The Labute approximate surface area is 69.7 Å². The molecule has 0 rings (SSSR count). The van der Waals surface area contributed by atoms with Crippen molar-refractivity contribution in [2.24, 2.45) is 4.99 Å². The second kappa shape index (κ2) is 5.27. The molecule has 64 valence electrons. The fourth-order valence-corrected chi connectivity index (χ4v) is 2.33. The van der Waals surface area contributed by atoms with Gasteiger partial charge in [-0.3, -0.25) is 0 Å². The first-order chi connectivity index (χ1) is 5.12. The molecule has 0 N–H and O–H groups in total. The highest BCUT2D eigenvalue weighted by Crippen LogP contribution is 2.16. The molecule has 0 fully saturated rings. The predicted molar refractivity (Wildman–Crippen MR) is 50.4 cm³/mol. The van der Waals surface area contributed by atoms with Crippen LogP contribution in [0, 0.1) is 0 Å². The zero-order valence-corrected chi connectivity index (χ0v) is 8.68. The summed E-state index contributed by atoms with van der Waals surface area (Å²) in [6, 6.07) is 2.59. The summed E-state index contributed by atoms with van der Waals surface area (Å²) in [7, 11) is -0.917. The molecule has 2 nitrogen and oxygen atoms in total. The zero-order valence-electron chi connectivity index (χ0n) is 7.68. The lowest BCUT2D eigenvalue weighted by molar-refractivity contribution is 0.562. The molecule has 0 aliphatic heterocycles. The molecule has 0 saturated carbocycles. The number of hydrogen-bond donors (Lipinski definition) is 0. The Balaban J connectivity index is 3.45. The summed E-state index contributed by atoms with van der Waals surface area (Å²) in [6.07, 6.45) is 2.62. The largest absolute Gasteiger partial charge is 0.234 e. The number of rotatable bonds is 5. The number of carbonyl (C=O) groups excluding carboxylic acids is 1. The Kier molecular flexibility index (Phi) is 5.08. The van der Waals surface area contributed by atoms with E-state index in [2.05, 4.69) is 25.0 Å². The average molecular weight is 171 g/mol. The van der Waals surface area contributed by atoms with Crippen LogP contribution in [0.25, 0.3) is 0 Å². The summed E-state index contributed by atoms with van der Waals surface area (Å²) in [4.78, 5) is 13.2. The van der Waals surface area contributed by atoms with Crippen molar-refractivity contribution in [2.45, 2.75) is 38.5 Å². The third-order valence-corrected chi connectivity index (χ3v) is 5.77. The van der Waals surface area contributed by atoms with E-state index in [0.717, 1.165) is 6.42 Å². The molecule has 0 aromatic rings. The first-order valence-electron chi connectivity index (χ1n) is 4.16. The molecule has 0 saturated heterocycles. The highest BCUT2D eigenvalue weighted by molar-refractivity contribution is 6.77. The molecule has 0 atom stereocenters. The van der Waals surface area contributed by atoms with E-state index in [1.807, 2.05) is 0 Å². The van der Waals surface area contributed by atoms with Crippen LogP contribution in [0.4, 0.5) is 0 Å². The lowest BCUT2D eigenvalue weighted by Crippen LogP contribution is -2.23. The summed E-state index contributed by atoms with van der Waals surface area (Å²) >= 11 is 0. The van der Waals surface area contributed by atoms with Crippen molar-refractivity contribution in [3.8, 4) is 0 Å². The van der Waals surface area contributed by atoms with Crippen molar-refractivity contribution in [1.82, 2.24) is 0 Å². The fraction of sp³-hybridized carbons (Fsp3) is 0.875. The summed E-state index contributed by atoms with van der Waals surface area (Å²) < 4.78 is 0. The van der Waals surface area contributed by atoms with E-state index < -0.39 is 8.07 Å². The molecule has 0 aromatic carbocycles. The van der Waals surface area contributed by atoms with Gasteiger partial charge in [-0.2, -0.15) is 0 Å². The van der Waals surface area contributed by atoms with Gasteiger partial charge in [-0.05, 0) is 6.42 Å². The summed E-state index contributed by atoms with van der Waals surface area (Å²) in [6.45, 7) is 7.66. The summed E-state index contributed by atoms with van der Waals surface area (Å²) in [5.41, 5.74) is 0. The molecule has 0 bridgehead atoms. The first kappa shape index (κ1) is 10.6. The topological polar surface area (TPSA) is 29.4 Å². The van der Waals surface area contributed by atoms with E-state index in [4.69, 9.17) is 0 Å². The maximum atomic E-state index is 9.72. The van der Waals surface area contributed by atoms with Gasteiger partial charge < -0.3 is 0 Å². The van der Waals surface area contributed by atoms with Crippen molar-refractivity contribution in [3.63, 3.8) is 0 Å². The SMILES string of the molecule is CC[Si](C)(C)CCCN=C=O. The fourth-order valence-electron chi connectivity index (χ4n) is 0.859. The molecule has 11 heavy (non-hydrogen) atoms. The average Bonchev–Trinajstić information content (AvgIpc) is 1.99. The van der Waals surface area contributed by atoms with Gasteiger partial charge in [0.2, 0.25) is 6.08 Å². The zero-order chi connectivity index (χ0) is 8.74. The molecule has 0 heterocycles. The maximum Gasteiger partial charge on any atom is 0.234 e. The Bertz CT molecular complexity index is 150. The molecule has 0 aliphatic carbocycles. The van der Waals surface area contributed by atoms with Crippen LogP contribution in [-0.2, 0) is 4.79 Å². The lowest BCUT2D eigenvalue weighted by atomic mass is 10.5. The Morgan fingerprint density at radius 2 is 2.09 bits per heavy atom. The van der Waals surface area contributed by atoms with Crippen LogP contribution in [0.15, 0.2) is 4.99 Å². The molecule has 0 spiro atoms. The minimum Gasteiger partial charge on any atom is -0.211 e. The van der Waals surface area contributed by atoms with Crippen LogP contribution in [-0.4, -0.2) is 20.7 Å². The minimum absolute atomic E-state index is 0.667. The van der Waals surface area contributed by atoms with E-state index >= 15 is 0 Å². The third kappa shape index (κ3) is 6.01. The van der Waals surface area contributed by atoms with Gasteiger partial charge in [0.15, 0.2) is 0 Å². The molecule has 3 heteroatoms. The highest BCUT2D eigenvalue weighted by atomic mass is 28.3. The molecule has 0 radical (unpaired) electrons. The standard InChI is InChI=1S/C8H17NOSi/c1-4-11(2,3)7-5-6-9-8-10/h4-7H2,1-3H3. The van der Waals surface area contributed by atoms with E-state index in [-0.39, 0.29) is 0 Å². The van der Waals surface area contributed by atoms with E-state index in [1.165, 1.54) is 12.1 Å². The molecule has 0 amide bonds. The van der Waals surface area contributed by atoms with Crippen LogP contribution >= 0.6 is 0 Å². The van der Waals surface area contributed by atoms with Crippen molar-refractivity contribution in [3.05, 3.63) is 0 Å². The monoisotopic (exact) mass is 171 g/mol. The Morgan fingerprint density at radius 1 is 1.45 bits per heavy atom. The summed E-state index contributed by atoms with van der Waals surface area (Å²) in [5.74, 6) is 0. The minimum atomic E-state index is -0.917. The normalized spacial score (nSPS) is 10.8. The summed E-state index contributed by atoms with van der Waals surface area (Å²) in [5, 5.41) is 0. The van der Waals surface area contributed by atoms with Crippen LogP contribution in [0.2, 0.25) is 25.2 Å². The molecule has 0 aliphatic rings. The molecule has 0 unspecified atom stereocenters. The quantitative estimate of drug-likeness (QED) is 0.270. The highest BCUT2D eigenvalue weighted by Gasteiger charge is 2.16. The first-order valence-corrected chi connectivity index (χ1v) is 7.57. The molecular formula is C8H17NOSi. The van der Waals surface area contributed by atoms with Crippen LogP contribution in [0.5, 0.6) is 0 Å². The second-order valence-electron chi connectivity index (χ2n) is 3.59. The second-order valence-corrected chi connectivity index (χ2v) is 9.13.